The summed E-state index contributed by atoms with van der Waals surface area (Å²) in [7, 11) is 1.65. The van der Waals surface area contributed by atoms with Crippen molar-refractivity contribution in [3.63, 3.8) is 0 Å². The summed E-state index contributed by atoms with van der Waals surface area (Å²) in [5.74, 6) is 0. The average molecular weight is 311 g/mol. The summed E-state index contributed by atoms with van der Waals surface area (Å²) in [6.07, 6.45) is 24.9. The topological polar surface area (TPSA) is 18.5 Å². The van der Waals surface area contributed by atoms with E-state index in [2.05, 4.69) is 31.2 Å². The molecule has 0 atom stereocenters. The molecule has 0 saturated carbocycles. The predicted octanol–water partition coefficient (Wildman–Crippen LogP) is 6.42. The lowest BCUT2D eigenvalue weighted by Crippen LogP contribution is -1.96. The van der Waals surface area contributed by atoms with Crippen LogP contribution in [0.3, 0.4) is 0 Å². The highest BCUT2D eigenvalue weighted by Crippen LogP contribution is 2.09. The molecule has 130 valence electrons. The highest BCUT2D eigenvalue weighted by Gasteiger charge is 1.90. The van der Waals surface area contributed by atoms with Crippen LogP contribution in [0.25, 0.3) is 0 Å². The van der Waals surface area contributed by atoms with Gasteiger partial charge in [0, 0.05) is 7.11 Å². The van der Waals surface area contributed by atoms with Crippen molar-refractivity contribution in [2.24, 2.45) is 0 Å². The van der Waals surface area contributed by atoms with Gasteiger partial charge in [0.25, 0.3) is 0 Å². The van der Waals surface area contributed by atoms with Crippen molar-refractivity contribution in [3.05, 3.63) is 24.3 Å². The van der Waals surface area contributed by atoms with Gasteiger partial charge in [0.1, 0.15) is 6.79 Å². The molecule has 2 nitrogen and oxygen atoms in total. The minimum atomic E-state index is 0.405. The third-order valence-corrected chi connectivity index (χ3v) is 3.68. The molecule has 0 aromatic heterocycles. The van der Waals surface area contributed by atoms with Gasteiger partial charge in [-0.15, -0.1) is 0 Å². The fourth-order valence-electron chi connectivity index (χ4n) is 2.32. The molecule has 0 N–H and O–H groups in total. The molecule has 0 aliphatic rings. The first-order chi connectivity index (χ1) is 10.9. The lowest BCUT2D eigenvalue weighted by atomic mass is 10.1. The van der Waals surface area contributed by atoms with Crippen LogP contribution in [0.4, 0.5) is 0 Å². The van der Waals surface area contributed by atoms with E-state index in [1.54, 1.807) is 7.11 Å². The first-order valence-corrected chi connectivity index (χ1v) is 9.28. The zero-order chi connectivity index (χ0) is 16.1. The maximum Gasteiger partial charge on any atom is 0.146 e. The second-order valence-corrected chi connectivity index (χ2v) is 5.89. The first kappa shape index (κ1) is 21.4. The largest absolute Gasteiger partial charge is 0.359 e. The lowest BCUT2D eigenvalue weighted by molar-refractivity contribution is -0.0285. The molecule has 0 aliphatic carbocycles. The Morgan fingerprint density at radius 3 is 1.68 bits per heavy atom. The molecule has 0 bridgehead atoms. The predicted molar refractivity (Wildman–Crippen MR) is 97.2 cm³/mol. The Morgan fingerprint density at radius 1 is 0.636 bits per heavy atom. The van der Waals surface area contributed by atoms with Crippen molar-refractivity contribution < 1.29 is 9.47 Å². The van der Waals surface area contributed by atoms with E-state index in [9.17, 15) is 0 Å². The summed E-state index contributed by atoms with van der Waals surface area (Å²) in [6, 6.07) is 0. The van der Waals surface area contributed by atoms with Gasteiger partial charge in [-0.25, -0.2) is 0 Å². The normalized spacial score (nSPS) is 11.9. The summed E-state index contributed by atoms with van der Waals surface area (Å²) in [4.78, 5) is 0. The van der Waals surface area contributed by atoms with Crippen molar-refractivity contribution in [1.29, 1.82) is 0 Å². The van der Waals surface area contributed by atoms with Gasteiger partial charge in [-0.05, 0) is 38.5 Å². The minimum absolute atomic E-state index is 0.405. The second-order valence-electron chi connectivity index (χ2n) is 5.89. The fourth-order valence-corrected chi connectivity index (χ4v) is 2.32. The average Bonchev–Trinajstić information content (AvgIpc) is 2.54. The minimum Gasteiger partial charge on any atom is -0.359 e. The lowest BCUT2D eigenvalue weighted by Gasteiger charge is -2.00. The molecule has 0 radical (unpaired) electrons. The number of methoxy groups -OCH3 is 1. The van der Waals surface area contributed by atoms with Crippen molar-refractivity contribution in [3.8, 4) is 0 Å². The molecule has 0 saturated heterocycles. The Bertz CT molecular complexity index is 246. The van der Waals surface area contributed by atoms with E-state index in [0.29, 0.717) is 6.79 Å². The standard InChI is InChI=1S/C20H38O2/c1-3-4-5-6-7-8-9-10-11-12-13-14-15-16-17-18-19-22-20-21-2/h6-7,16-17H,3-5,8-15,18-20H2,1-2H3. The van der Waals surface area contributed by atoms with Crippen LogP contribution in [-0.2, 0) is 9.47 Å². The first-order valence-electron chi connectivity index (χ1n) is 9.28. The van der Waals surface area contributed by atoms with E-state index in [4.69, 9.17) is 9.47 Å². The molecular weight excluding hydrogens is 272 g/mol. The van der Waals surface area contributed by atoms with E-state index >= 15 is 0 Å². The molecule has 0 aromatic carbocycles. The Balaban J connectivity index is 3.08. The Labute approximate surface area is 139 Å². The van der Waals surface area contributed by atoms with Crippen LogP contribution in [-0.4, -0.2) is 20.5 Å². The van der Waals surface area contributed by atoms with Crippen molar-refractivity contribution in [2.45, 2.75) is 84.0 Å². The summed E-state index contributed by atoms with van der Waals surface area (Å²) in [5, 5.41) is 0. The third kappa shape index (κ3) is 19.4. The summed E-state index contributed by atoms with van der Waals surface area (Å²) >= 11 is 0. The zero-order valence-corrected chi connectivity index (χ0v) is 15.0. The highest BCUT2D eigenvalue weighted by molar-refractivity contribution is 4.81. The molecule has 0 amide bonds. The maximum absolute atomic E-state index is 5.22. The van der Waals surface area contributed by atoms with Gasteiger partial charge in [0.15, 0.2) is 0 Å². The van der Waals surface area contributed by atoms with Gasteiger partial charge in [-0.2, -0.15) is 0 Å². The third-order valence-electron chi connectivity index (χ3n) is 3.68. The van der Waals surface area contributed by atoms with Gasteiger partial charge in [0.2, 0.25) is 0 Å². The fraction of sp³-hybridized carbons (Fsp3) is 0.800. The second kappa shape index (κ2) is 20.4. The van der Waals surface area contributed by atoms with Gasteiger partial charge < -0.3 is 9.47 Å². The van der Waals surface area contributed by atoms with Gasteiger partial charge in [-0.3, -0.25) is 0 Å². The number of hydrogen-bond donors (Lipinski definition) is 0. The number of hydrogen-bond acceptors (Lipinski definition) is 2. The van der Waals surface area contributed by atoms with Crippen molar-refractivity contribution in [2.75, 3.05) is 20.5 Å². The van der Waals surface area contributed by atoms with Crippen LogP contribution in [0.5, 0.6) is 0 Å². The van der Waals surface area contributed by atoms with Crippen LogP contribution in [0, 0.1) is 0 Å². The van der Waals surface area contributed by atoms with Crippen molar-refractivity contribution >= 4 is 0 Å². The monoisotopic (exact) mass is 310 g/mol. The molecule has 22 heavy (non-hydrogen) atoms. The maximum atomic E-state index is 5.22. The van der Waals surface area contributed by atoms with Crippen LogP contribution in [0.1, 0.15) is 84.0 Å². The SMILES string of the molecule is CCCCC=CCCCCCCCCC=CCCOCOC. The van der Waals surface area contributed by atoms with Crippen LogP contribution >= 0.6 is 0 Å². The Hall–Kier alpha value is -0.600. The van der Waals surface area contributed by atoms with E-state index in [1.807, 2.05) is 0 Å². The highest BCUT2D eigenvalue weighted by atomic mass is 16.7. The zero-order valence-electron chi connectivity index (χ0n) is 15.0. The molecule has 0 heterocycles. The van der Waals surface area contributed by atoms with Gasteiger partial charge in [0.05, 0.1) is 6.61 Å². The van der Waals surface area contributed by atoms with E-state index in [1.165, 1.54) is 70.6 Å². The molecule has 0 fully saturated rings. The van der Waals surface area contributed by atoms with Gasteiger partial charge >= 0.3 is 0 Å². The van der Waals surface area contributed by atoms with Crippen LogP contribution in [0.15, 0.2) is 24.3 Å². The summed E-state index contributed by atoms with van der Waals surface area (Å²) < 4.78 is 10.0. The smallest absolute Gasteiger partial charge is 0.146 e. The Morgan fingerprint density at radius 2 is 1.14 bits per heavy atom. The van der Waals surface area contributed by atoms with Crippen LogP contribution in [0.2, 0.25) is 0 Å². The molecule has 0 rings (SSSR count). The molecule has 2 heteroatoms. The Kier molecular flexibility index (Phi) is 19.8. The van der Waals surface area contributed by atoms with E-state index in [0.717, 1.165) is 13.0 Å². The molecule has 0 aliphatic heterocycles. The van der Waals surface area contributed by atoms with E-state index in [-0.39, 0.29) is 0 Å². The van der Waals surface area contributed by atoms with E-state index < -0.39 is 0 Å². The van der Waals surface area contributed by atoms with Crippen molar-refractivity contribution in [1.82, 2.24) is 0 Å². The molecule has 0 unspecified atom stereocenters. The molecule has 0 spiro atoms. The number of rotatable bonds is 17. The van der Waals surface area contributed by atoms with Gasteiger partial charge in [-0.1, -0.05) is 69.8 Å². The quantitative estimate of drug-likeness (QED) is 0.175. The summed E-state index contributed by atoms with van der Waals surface area (Å²) in [6.45, 7) is 3.42. The number of allylic oxidation sites excluding steroid dienone is 3. The van der Waals surface area contributed by atoms with Crippen LogP contribution < -0.4 is 0 Å². The number of ether oxygens (including phenoxy) is 2. The summed E-state index contributed by atoms with van der Waals surface area (Å²) in [5.41, 5.74) is 0. The molecule has 0 aromatic rings. The molecular formula is C20H38O2. The number of unbranched alkanes of at least 4 members (excludes halogenated alkanes) is 9.